The van der Waals surface area contributed by atoms with Crippen molar-refractivity contribution in [2.24, 2.45) is 0 Å². The van der Waals surface area contributed by atoms with Crippen molar-refractivity contribution in [3.05, 3.63) is 96.4 Å². The first-order valence-corrected chi connectivity index (χ1v) is 10.3. The van der Waals surface area contributed by atoms with Crippen LogP contribution in [-0.4, -0.2) is 26.8 Å². The molecule has 0 saturated heterocycles. The van der Waals surface area contributed by atoms with Crippen LogP contribution >= 0.6 is 0 Å². The Morgan fingerprint density at radius 1 is 0.871 bits per heavy atom. The second-order valence-electron chi connectivity index (χ2n) is 7.19. The van der Waals surface area contributed by atoms with Crippen molar-refractivity contribution in [3.8, 4) is 33.9 Å². The first kappa shape index (κ1) is 20.6. The van der Waals surface area contributed by atoms with E-state index in [1.165, 1.54) is 6.20 Å². The molecule has 2 N–H and O–H groups in total. The second-order valence-corrected chi connectivity index (χ2v) is 7.19. The number of aromatic nitrogens is 2. The Morgan fingerprint density at radius 2 is 1.61 bits per heavy atom. The van der Waals surface area contributed by atoms with E-state index in [4.69, 9.17) is 4.74 Å². The number of aliphatic hydroxyl groups excluding tert-OH is 1. The van der Waals surface area contributed by atoms with Crippen LogP contribution in [0.5, 0.6) is 11.6 Å². The van der Waals surface area contributed by atoms with Gasteiger partial charge in [0.1, 0.15) is 11.9 Å². The number of rotatable bonds is 7. The molecule has 4 rings (SSSR count). The number of nitrogens with zero attached hydrogens (tertiary/aromatic N) is 2. The molecule has 0 saturated carbocycles. The molecule has 5 nitrogen and oxygen atoms in total. The van der Waals surface area contributed by atoms with Crippen molar-refractivity contribution < 1.29 is 14.9 Å². The molecule has 0 aliphatic carbocycles. The molecule has 5 heteroatoms. The summed E-state index contributed by atoms with van der Waals surface area (Å²) in [5, 5.41) is 20.9. The van der Waals surface area contributed by atoms with Gasteiger partial charge in [0, 0.05) is 18.1 Å². The fraction of sp³-hybridized carbons (Fsp3) is 0.154. The van der Waals surface area contributed by atoms with Crippen LogP contribution in [-0.2, 0) is 6.42 Å². The topological polar surface area (TPSA) is 75.5 Å². The summed E-state index contributed by atoms with van der Waals surface area (Å²) in [7, 11) is 0. The minimum absolute atomic E-state index is 0.0785. The van der Waals surface area contributed by atoms with E-state index < -0.39 is 6.10 Å². The molecule has 0 amide bonds. The number of ether oxygens (including phenoxy) is 1. The number of hydrogen-bond acceptors (Lipinski definition) is 5. The summed E-state index contributed by atoms with van der Waals surface area (Å²) in [6.45, 7) is 2.40. The monoisotopic (exact) mass is 412 g/mol. The minimum atomic E-state index is -0.853. The van der Waals surface area contributed by atoms with E-state index in [0.29, 0.717) is 23.9 Å². The molecule has 0 radical (unpaired) electrons. The molecule has 1 atom stereocenters. The van der Waals surface area contributed by atoms with Crippen LogP contribution in [0.2, 0.25) is 0 Å². The molecule has 2 aromatic carbocycles. The highest BCUT2D eigenvalue weighted by Gasteiger charge is 2.17. The molecule has 0 aliphatic heterocycles. The molecule has 156 valence electrons. The van der Waals surface area contributed by atoms with Crippen molar-refractivity contribution >= 4 is 0 Å². The average molecular weight is 412 g/mol. The van der Waals surface area contributed by atoms with E-state index in [9.17, 15) is 10.2 Å². The maximum atomic E-state index is 10.8. The van der Waals surface area contributed by atoms with Gasteiger partial charge in [-0.25, -0.2) is 4.98 Å². The largest absolute Gasteiger partial charge is 0.506 e. The van der Waals surface area contributed by atoms with Crippen LogP contribution in [0.4, 0.5) is 0 Å². The van der Waals surface area contributed by atoms with Gasteiger partial charge in [-0.1, -0.05) is 54.6 Å². The molecule has 4 aromatic rings. The molecule has 2 heterocycles. The van der Waals surface area contributed by atoms with Crippen LogP contribution in [0.1, 0.15) is 24.4 Å². The molecule has 0 bridgehead atoms. The fourth-order valence-corrected chi connectivity index (χ4v) is 3.52. The summed E-state index contributed by atoms with van der Waals surface area (Å²) >= 11 is 0. The van der Waals surface area contributed by atoms with E-state index in [1.807, 2.05) is 49.4 Å². The van der Waals surface area contributed by atoms with E-state index in [1.54, 1.807) is 18.2 Å². The Morgan fingerprint density at radius 3 is 2.42 bits per heavy atom. The van der Waals surface area contributed by atoms with Gasteiger partial charge in [-0.05, 0) is 41.8 Å². The highest BCUT2D eigenvalue weighted by molar-refractivity contribution is 5.74. The third-order valence-corrected chi connectivity index (χ3v) is 5.00. The predicted molar refractivity (Wildman–Crippen MR) is 121 cm³/mol. The van der Waals surface area contributed by atoms with E-state index in [0.717, 1.165) is 22.3 Å². The van der Waals surface area contributed by atoms with Gasteiger partial charge in [-0.2, -0.15) is 0 Å². The fourth-order valence-electron chi connectivity index (χ4n) is 3.52. The number of pyridine rings is 2. The molecular formula is C26H24N2O3. The number of aromatic hydroxyl groups is 1. The highest BCUT2D eigenvalue weighted by Crippen LogP contribution is 2.32. The summed E-state index contributed by atoms with van der Waals surface area (Å²) in [5.41, 5.74) is 5.07. The molecule has 2 aromatic heterocycles. The SMILES string of the molecule is CCOc1cccc(C(O)Cc2ncc(O)cc2-c2cccc(-c3ccccc3)c2)n1. The number of aliphatic hydroxyl groups is 1. The lowest BCUT2D eigenvalue weighted by Gasteiger charge is -2.15. The quantitative estimate of drug-likeness (QED) is 0.437. The van der Waals surface area contributed by atoms with Crippen LogP contribution in [0.3, 0.4) is 0 Å². The summed E-state index contributed by atoms with van der Waals surface area (Å²) in [4.78, 5) is 8.80. The first-order valence-electron chi connectivity index (χ1n) is 10.3. The minimum Gasteiger partial charge on any atom is -0.506 e. The van der Waals surface area contributed by atoms with E-state index in [2.05, 4.69) is 28.2 Å². The summed E-state index contributed by atoms with van der Waals surface area (Å²) in [6, 6.07) is 25.2. The summed E-state index contributed by atoms with van der Waals surface area (Å²) in [5.74, 6) is 0.559. The van der Waals surface area contributed by atoms with Gasteiger partial charge in [0.25, 0.3) is 0 Å². The normalized spacial score (nSPS) is 11.8. The van der Waals surface area contributed by atoms with Crippen molar-refractivity contribution in [1.82, 2.24) is 9.97 Å². The Hall–Kier alpha value is -3.70. The third kappa shape index (κ3) is 4.90. The van der Waals surface area contributed by atoms with Crippen LogP contribution in [0.25, 0.3) is 22.3 Å². The third-order valence-electron chi connectivity index (χ3n) is 5.00. The molecule has 0 spiro atoms. The highest BCUT2D eigenvalue weighted by atomic mass is 16.5. The van der Waals surface area contributed by atoms with Gasteiger partial charge in [-0.15, -0.1) is 0 Å². The molecule has 0 fully saturated rings. The lowest BCUT2D eigenvalue weighted by atomic mass is 9.96. The standard InChI is InChI=1S/C26H24N2O3/c1-2-31-26-13-7-12-23(28-26)25(30)16-24-22(15-21(29)17-27-24)20-11-6-10-19(14-20)18-8-4-3-5-9-18/h3-15,17,25,29-30H,2,16H2,1H3. The van der Waals surface area contributed by atoms with Crippen LogP contribution in [0, 0.1) is 0 Å². The van der Waals surface area contributed by atoms with Crippen LogP contribution in [0.15, 0.2) is 85.1 Å². The maximum Gasteiger partial charge on any atom is 0.213 e. The molecular weight excluding hydrogens is 388 g/mol. The lowest BCUT2D eigenvalue weighted by Crippen LogP contribution is -2.08. The van der Waals surface area contributed by atoms with Gasteiger partial charge >= 0.3 is 0 Å². The summed E-state index contributed by atoms with van der Waals surface area (Å²) in [6.07, 6.45) is 0.804. The predicted octanol–water partition coefficient (Wildman–Crippen LogP) is 5.19. The zero-order valence-corrected chi connectivity index (χ0v) is 17.3. The van der Waals surface area contributed by atoms with E-state index in [-0.39, 0.29) is 12.2 Å². The first-order chi connectivity index (χ1) is 15.1. The lowest BCUT2D eigenvalue weighted by molar-refractivity contribution is 0.171. The van der Waals surface area contributed by atoms with Gasteiger partial charge in [-0.3, -0.25) is 4.98 Å². The Balaban J connectivity index is 1.67. The van der Waals surface area contributed by atoms with Gasteiger partial charge in [0.05, 0.1) is 24.2 Å². The Bertz CT molecular complexity index is 1160. The van der Waals surface area contributed by atoms with Crippen molar-refractivity contribution in [2.75, 3.05) is 6.61 Å². The molecule has 31 heavy (non-hydrogen) atoms. The zero-order valence-electron chi connectivity index (χ0n) is 17.3. The zero-order chi connectivity index (χ0) is 21.6. The number of benzene rings is 2. The average Bonchev–Trinajstić information content (AvgIpc) is 2.81. The molecule has 0 aliphatic rings. The van der Waals surface area contributed by atoms with Gasteiger partial charge in [0.15, 0.2) is 0 Å². The van der Waals surface area contributed by atoms with Gasteiger partial charge in [0.2, 0.25) is 5.88 Å². The van der Waals surface area contributed by atoms with Crippen molar-refractivity contribution in [3.63, 3.8) is 0 Å². The van der Waals surface area contributed by atoms with Crippen molar-refractivity contribution in [2.45, 2.75) is 19.4 Å². The number of hydrogen-bond donors (Lipinski definition) is 2. The molecule has 1 unspecified atom stereocenters. The van der Waals surface area contributed by atoms with Crippen molar-refractivity contribution in [1.29, 1.82) is 0 Å². The summed E-state index contributed by atoms with van der Waals surface area (Å²) < 4.78 is 5.44. The smallest absolute Gasteiger partial charge is 0.213 e. The van der Waals surface area contributed by atoms with Crippen LogP contribution < -0.4 is 4.74 Å². The Kier molecular flexibility index (Phi) is 6.24. The Labute approximate surface area is 181 Å². The second kappa shape index (κ2) is 9.41. The maximum absolute atomic E-state index is 10.8. The van der Waals surface area contributed by atoms with E-state index >= 15 is 0 Å². The van der Waals surface area contributed by atoms with Gasteiger partial charge < -0.3 is 14.9 Å².